The van der Waals surface area contributed by atoms with Gasteiger partial charge in [0.25, 0.3) is 0 Å². The van der Waals surface area contributed by atoms with Gasteiger partial charge in [-0.3, -0.25) is 9.63 Å². The summed E-state index contributed by atoms with van der Waals surface area (Å²) in [4.78, 5) is 18.4. The van der Waals surface area contributed by atoms with E-state index in [-0.39, 0.29) is 12.0 Å². The molecule has 0 saturated carbocycles. The van der Waals surface area contributed by atoms with Crippen LogP contribution in [-0.4, -0.2) is 5.91 Å². The highest BCUT2D eigenvalue weighted by atomic mass is 16.7. The van der Waals surface area contributed by atoms with Crippen LogP contribution in [0.1, 0.15) is 41.2 Å². The summed E-state index contributed by atoms with van der Waals surface area (Å²) in [6.07, 6.45) is 3.23. The number of aryl methyl sites for hydroxylation is 1. The number of fused-ring (bicyclic) bond motifs is 1. The molecule has 0 aliphatic heterocycles. The van der Waals surface area contributed by atoms with Crippen LogP contribution in [-0.2, 0) is 22.5 Å². The Morgan fingerprint density at radius 3 is 2.07 bits per heavy atom. The first-order valence-electron chi connectivity index (χ1n) is 9.91. The molecule has 4 rings (SSSR count). The van der Waals surface area contributed by atoms with Crippen LogP contribution in [0.3, 0.4) is 0 Å². The van der Waals surface area contributed by atoms with Gasteiger partial charge >= 0.3 is 0 Å². The lowest BCUT2D eigenvalue weighted by Gasteiger charge is -2.24. The van der Waals surface area contributed by atoms with Gasteiger partial charge in [-0.15, -0.1) is 0 Å². The zero-order chi connectivity index (χ0) is 19.2. The van der Waals surface area contributed by atoms with Gasteiger partial charge in [-0.1, -0.05) is 84.9 Å². The Morgan fingerprint density at radius 1 is 0.857 bits per heavy atom. The summed E-state index contributed by atoms with van der Waals surface area (Å²) in [6.45, 7) is 0. The second-order valence-corrected chi connectivity index (χ2v) is 7.43. The van der Waals surface area contributed by atoms with E-state index in [1.165, 1.54) is 11.1 Å². The molecule has 0 spiro atoms. The molecule has 1 atom stereocenters. The minimum Gasteiger partial charge on any atom is -0.273 e. The van der Waals surface area contributed by atoms with Gasteiger partial charge in [0.1, 0.15) is 6.10 Å². The fourth-order valence-corrected chi connectivity index (χ4v) is 3.96. The lowest BCUT2D eigenvalue weighted by Crippen LogP contribution is -2.29. The maximum Gasteiger partial charge on any atom is 0.243 e. The van der Waals surface area contributed by atoms with E-state index in [0.29, 0.717) is 12.3 Å². The molecule has 3 aromatic rings. The van der Waals surface area contributed by atoms with E-state index in [2.05, 4.69) is 29.7 Å². The Labute approximate surface area is 166 Å². The summed E-state index contributed by atoms with van der Waals surface area (Å²) >= 11 is 0. The maximum absolute atomic E-state index is 12.6. The number of nitrogens with one attached hydrogen (secondary N) is 1. The van der Waals surface area contributed by atoms with Crippen LogP contribution in [0.4, 0.5) is 0 Å². The van der Waals surface area contributed by atoms with Crippen molar-refractivity contribution >= 4 is 5.91 Å². The molecule has 1 amide bonds. The molecule has 3 aromatic carbocycles. The van der Waals surface area contributed by atoms with Gasteiger partial charge in [0.15, 0.2) is 0 Å². The monoisotopic (exact) mass is 371 g/mol. The Kier molecular flexibility index (Phi) is 5.83. The van der Waals surface area contributed by atoms with Crippen molar-refractivity contribution in [2.75, 3.05) is 0 Å². The fourth-order valence-electron chi connectivity index (χ4n) is 3.96. The van der Waals surface area contributed by atoms with Gasteiger partial charge in [0.2, 0.25) is 5.91 Å². The minimum atomic E-state index is -0.321. The predicted molar refractivity (Wildman–Crippen MR) is 111 cm³/mol. The summed E-state index contributed by atoms with van der Waals surface area (Å²) in [5.41, 5.74) is 7.53. The number of hydrogen-bond donors (Lipinski definition) is 1. The van der Waals surface area contributed by atoms with Gasteiger partial charge < -0.3 is 0 Å². The normalized spacial score (nSPS) is 15.8. The Hall–Kier alpha value is -2.91. The highest BCUT2D eigenvalue weighted by Crippen LogP contribution is 2.28. The molecular weight excluding hydrogens is 346 g/mol. The fraction of sp³-hybridized carbons (Fsp3) is 0.240. The van der Waals surface area contributed by atoms with Crippen LogP contribution >= 0.6 is 0 Å². The van der Waals surface area contributed by atoms with Crippen molar-refractivity contribution in [1.29, 1.82) is 0 Å². The molecule has 0 radical (unpaired) electrons. The van der Waals surface area contributed by atoms with E-state index in [1.54, 1.807) is 0 Å². The van der Waals surface area contributed by atoms with E-state index in [4.69, 9.17) is 4.84 Å². The van der Waals surface area contributed by atoms with Crippen molar-refractivity contribution < 1.29 is 9.63 Å². The van der Waals surface area contributed by atoms with Crippen molar-refractivity contribution in [3.05, 3.63) is 107 Å². The van der Waals surface area contributed by atoms with Gasteiger partial charge in [-0.25, -0.2) is 5.48 Å². The zero-order valence-electron chi connectivity index (χ0n) is 15.9. The highest BCUT2D eigenvalue weighted by molar-refractivity contribution is 5.75. The Balaban J connectivity index is 1.38. The number of carbonyl (C=O) groups is 1. The van der Waals surface area contributed by atoms with Crippen molar-refractivity contribution in [1.82, 2.24) is 5.48 Å². The van der Waals surface area contributed by atoms with Crippen LogP contribution in [0.5, 0.6) is 0 Å². The molecule has 3 nitrogen and oxygen atoms in total. The topological polar surface area (TPSA) is 38.3 Å². The number of amides is 1. The number of rotatable bonds is 6. The quantitative estimate of drug-likeness (QED) is 0.618. The molecule has 0 saturated heterocycles. The van der Waals surface area contributed by atoms with E-state index < -0.39 is 0 Å². The number of benzene rings is 3. The molecule has 3 heteroatoms. The van der Waals surface area contributed by atoms with Gasteiger partial charge in [-0.2, -0.15) is 0 Å². The van der Waals surface area contributed by atoms with Gasteiger partial charge in [0.05, 0.1) is 0 Å². The zero-order valence-corrected chi connectivity index (χ0v) is 15.9. The molecular formula is C25H25NO2. The lowest BCUT2D eigenvalue weighted by molar-refractivity contribution is -0.138. The Bertz CT molecular complexity index is 869. The largest absolute Gasteiger partial charge is 0.273 e. The molecule has 28 heavy (non-hydrogen) atoms. The van der Waals surface area contributed by atoms with Crippen molar-refractivity contribution in [3.8, 4) is 0 Å². The van der Waals surface area contributed by atoms with Crippen molar-refractivity contribution in [2.24, 2.45) is 5.92 Å². The number of hydrogen-bond acceptors (Lipinski definition) is 2. The molecule has 0 aromatic heterocycles. The van der Waals surface area contributed by atoms with Crippen LogP contribution in [0.25, 0.3) is 0 Å². The molecule has 0 heterocycles. The molecule has 1 aliphatic carbocycles. The molecule has 1 N–H and O–H groups in total. The third-order valence-corrected chi connectivity index (χ3v) is 5.42. The number of carbonyl (C=O) groups excluding carboxylic acids is 1. The third kappa shape index (κ3) is 4.49. The smallest absolute Gasteiger partial charge is 0.243 e. The standard InChI is InChI=1S/C25H25NO2/c27-24(18-19-15-16-20-9-7-8-14-23(20)17-19)26-28-25(21-10-3-1-4-11-21)22-12-5-2-6-13-22/h1-14,19,25H,15-18H2,(H,26,27). The van der Waals surface area contributed by atoms with E-state index in [9.17, 15) is 4.79 Å². The SMILES string of the molecule is O=C(CC1CCc2ccccc2C1)NOC(c1ccccc1)c1ccccc1. The van der Waals surface area contributed by atoms with Crippen LogP contribution in [0, 0.1) is 5.92 Å². The average molecular weight is 371 g/mol. The maximum atomic E-state index is 12.6. The first-order valence-corrected chi connectivity index (χ1v) is 9.91. The summed E-state index contributed by atoms with van der Waals surface area (Å²) in [7, 11) is 0. The molecule has 142 valence electrons. The van der Waals surface area contributed by atoms with E-state index in [1.807, 2.05) is 60.7 Å². The van der Waals surface area contributed by atoms with Crippen molar-refractivity contribution in [2.45, 2.75) is 31.8 Å². The third-order valence-electron chi connectivity index (χ3n) is 5.42. The van der Waals surface area contributed by atoms with Gasteiger partial charge in [-0.05, 0) is 47.4 Å². The lowest BCUT2D eigenvalue weighted by atomic mass is 9.82. The Morgan fingerprint density at radius 2 is 1.43 bits per heavy atom. The molecule has 0 bridgehead atoms. The summed E-state index contributed by atoms with van der Waals surface area (Å²) in [5.74, 6) is 0.312. The summed E-state index contributed by atoms with van der Waals surface area (Å²) < 4.78 is 0. The summed E-state index contributed by atoms with van der Waals surface area (Å²) in [5, 5.41) is 0. The van der Waals surface area contributed by atoms with E-state index >= 15 is 0 Å². The van der Waals surface area contributed by atoms with Crippen LogP contribution in [0.15, 0.2) is 84.9 Å². The van der Waals surface area contributed by atoms with Crippen molar-refractivity contribution in [3.63, 3.8) is 0 Å². The molecule has 1 aliphatic rings. The molecule has 0 fully saturated rings. The molecule has 1 unspecified atom stereocenters. The number of hydroxylamine groups is 1. The van der Waals surface area contributed by atoms with E-state index in [0.717, 1.165) is 30.4 Å². The summed E-state index contributed by atoms with van der Waals surface area (Å²) in [6, 6.07) is 28.5. The van der Waals surface area contributed by atoms with Crippen LogP contribution in [0.2, 0.25) is 0 Å². The first-order chi connectivity index (χ1) is 13.8. The highest BCUT2D eigenvalue weighted by Gasteiger charge is 2.22. The average Bonchev–Trinajstić information content (AvgIpc) is 2.75. The van der Waals surface area contributed by atoms with Crippen LogP contribution < -0.4 is 5.48 Å². The first kappa shape index (κ1) is 18.5. The second-order valence-electron chi connectivity index (χ2n) is 7.43. The van der Waals surface area contributed by atoms with Gasteiger partial charge in [0, 0.05) is 6.42 Å². The second kappa shape index (κ2) is 8.85. The minimum absolute atomic E-state index is 0.0544. The predicted octanol–water partition coefficient (Wildman–Crippen LogP) is 5.02.